The summed E-state index contributed by atoms with van der Waals surface area (Å²) in [7, 11) is -1.17. The van der Waals surface area contributed by atoms with Crippen molar-refractivity contribution in [3.63, 3.8) is 0 Å². The molecule has 0 bridgehead atoms. The number of aliphatic carboxylic acids is 1. The van der Waals surface area contributed by atoms with Crippen LogP contribution in [0, 0.1) is 6.92 Å². The summed E-state index contributed by atoms with van der Waals surface area (Å²) >= 11 is 0. The van der Waals surface area contributed by atoms with E-state index in [2.05, 4.69) is 19.6 Å². The number of rotatable bonds is 8. The van der Waals surface area contributed by atoms with E-state index in [0.29, 0.717) is 24.3 Å². The van der Waals surface area contributed by atoms with Gasteiger partial charge in [0.15, 0.2) is 6.79 Å². The number of hydrogen-bond donors (Lipinski definition) is 1. The van der Waals surface area contributed by atoms with Crippen LogP contribution in [0.15, 0.2) is 30.5 Å². The first kappa shape index (κ1) is 20.2. The molecule has 1 aliphatic rings. The Morgan fingerprint density at radius 1 is 1.31 bits per heavy atom. The lowest BCUT2D eigenvalue weighted by Gasteiger charge is -2.23. The summed E-state index contributed by atoms with van der Waals surface area (Å²) in [5.74, 6) is -0.983. The summed E-state index contributed by atoms with van der Waals surface area (Å²) in [5, 5.41) is 9.30. The molecule has 1 amide bonds. The minimum absolute atomic E-state index is 0.0619. The number of carboxylic acids is 1. The van der Waals surface area contributed by atoms with Crippen LogP contribution in [0.3, 0.4) is 0 Å². The van der Waals surface area contributed by atoms with E-state index >= 15 is 0 Å². The van der Waals surface area contributed by atoms with Gasteiger partial charge in [0.2, 0.25) is 0 Å². The third kappa shape index (κ3) is 5.19. The van der Waals surface area contributed by atoms with E-state index in [-0.39, 0.29) is 12.7 Å². The summed E-state index contributed by atoms with van der Waals surface area (Å²) < 4.78 is 11.2. The highest BCUT2D eigenvalue weighted by Crippen LogP contribution is 2.27. The van der Waals surface area contributed by atoms with E-state index in [9.17, 15) is 14.7 Å². The number of hydrogen-bond acceptors (Lipinski definition) is 4. The molecule has 0 unspecified atom stereocenters. The zero-order valence-corrected chi connectivity index (χ0v) is 16.8. The van der Waals surface area contributed by atoms with E-state index < -0.39 is 20.1 Å². The Bertz CT molecular complexity index is 696. The van der Waals surface area contributed by atoms with Crippen LogP contribution in [0.5, 0.6) is 5.75 Å². The first-order chi connectivity index (χ1) is 12.2. The van der Waals surface area contributed by atoms with Gasteiger partial charge in [-0.2, -0.15) is 0 Å². The standard InChI is InChI=1S/C19H27NO5Si/c1-14-7-5-9-16(25-13-24-11-12-26(2,3)4)17(14)18(21)20-10-6-8-15(20)19(22)23/h5-7,9-10,15H,8,11-13H2,1-4H3,(H,22,23)/t15-/m0/s1. The highest BCUT2D eigenvalue weighted by Gasteiger charge is 2.33. The van der Waals surface area contributed by atoms with Crippen LogP contribution in [0.4, 0.5) is 0 Å². The maximum absolute atomic E-state index is 12.9. The average molecular weight is 378 g/mol. The number of carbonyl (C=O) groups is 2. The van der Waals surface area contributed by atoms with Crippen molar-refractivity contribution in [2.45, 2.75) is 45.1 Å². The van der Waals surface area contributed by atoms with Gasteiger partial charge in [-0.25, -0.2) is 4.79 Å². The number of benzene rings is 1. The zero-order chi connectivity index (χ0) is 19.3. The molecule has 0 fully saturated rings. The van der Waals surface area contributed by atoms with Gasteiger partial charge >= 0.3 is 5.97 Å². The van der Waals surface area contributed by atoms with Crippen LogP contribution in [-0.2, 0) is 9.53 Å². The second-order valence-electron chi connectivity index (χ2n) is 7.62. The zero-order valence-electron chi connectivity index (χ0n) is 15.8. The number of aryl methyl sites for hydroxylation is 1. The SMILES string of the molecule is Cc1cccc(OCOCC[Si](C)(C)C)c1C(=O)N1C=CC[C@H]1C(=O)O. The fourth-order valence-corrected chi connectivity index (χ4v) is 3.41. The molecule has 1 heterocycles. The van der Waals surface area contributed by atoms with E-state index in [4.69, 9.17) is 9.47 Å². The quantitative estimate of drug-likeness (QED) is 0.426. The van der Waals surface area contributed by atoms with Gasteiger partial charge in [0.05, 0.1) is 5.56 Å². The predicted octanol–water partition coefficient (Wildman–Crippen LogP) is 3.50. The lowest BCUT2D eigenvalue weighted by atomic mass is 10.1. The van der Waals surface area contributed by atoms with Gasteiger partial charge in [-0.15, -0.1) is 0 Å². The van der Waals surface area contributed by atoms with Gasteiger partial charge < -0.3 is 19.5 Å². The minimum Gasteiger partial charge on any atom is -0.480 e. The number of ether oxygens (including phenoxy) is 2. The molecule has 1 aromatic carbocycles. The monoisotopic (exact) mass is 377 g/mol. The lowest BCUT2D eigenvalue weighted by Crippen LogP contribution is -2.39. The van der Waals surface area contributed by atoms with Gasteiger partial charge in [0, 0.05) is 20.9 Å². The molecule has 1 atom stereocenters. The molecule has 1 aliphatic heterocycles. The second-order valence-corrected chi connectivity index (χ2v) is 13.2. The van der Waals surface area contributed by atoms with Crippen molar-refractivity contribution in [1.29, 1.82) is 0 Å². The Kier molecular flexibility index (Phi) is 6.61. The fraction of sp³-hybridized carbons (Fsp3) is 0.474. The van der Waals surface area contributed by atoms with Crippen molar-refractivity contribution in [2.75, 3.05) is 13.4 Å². The highest BCUT2D eigenvalue weighted by atomic mass is 28.3. The third-order valence-electron chi connectivity index (χ3n) is 4.22. The lowest BCUT2D eigenvalue weighted by molar-refractivity contribution is -0.141. The van der Waals surface area contributed by atoms with Gasteiger partial charge in [0.1, 0.15) is 11.8 Å². The Hall–Kier alpha value is -2.12. The van der Waals surface area contributed by atoms with Crippen LogP contribution in [-0.4, -0.2) is 49.4 Å². The number of carboxylic acid groups (broad SMARTS) is 1. The number of carbonyl (C=O) groups excluding carboxylic acids is 1. The fourth-order valence-electron chi connectivity index (χ4n) is 2.66. The summed E-state index contributed by atoms with van der Waals surface area (Å²) in [6, 6.07) is 5.48. The summed E-state index contributed by atoms with van der Waals surface area (Å²) in [6.07, 6.45) is 3.53. The Labute approximate surface area is 155 Å². The molecule has 7 heteroatoms. The molecular weight excluding hydrogens is 350 g/mol. The molecule has 1 aromatic rings. The largest absolute Gasteiger partial charge is 0.480 e. The first-order valence-electron chi connectivity index (χ1n) is 8.73. The second kappa shape index (κ2) is 8.51. The van der Waals surface area contributed by atoms with Gasteiger partial charge in [-0.05, 0) is 31.0 Å². The molecule has 0 saturated heterocycles. The van der Waals surface area contributed by atoms with E-state index in [1.165, 1.54) is 11.1 Å². The van der Waals surface area contributed by atoms with Crippen LogP contribution in [0.2, 0.25) is 25.7 Å². The van der Waals surface area contributed by atoms with Gasteiger partial charge in [0.25, 0.3) is 5.91 Å². The van der Waals surface area contributed by atoms with Gasteiger partial charge in [-0.3, -0.25) is 4.79 Å². The van der Waals surface area contributed by atoms with Gasteiger partial charge in [-0.1, -0.05) is 37.8 Å². The van der Waals surface area contributed by atoms with E-state index in [1.807, 2.05) is 13.0 Å². The van der Waals surface area contributed by atoms with Crippen LogP contribution >= 0.6 is 0 Å². The van der Waals surface area contributed by atoms with Crippen LogP contribution < -0.4 is 4.74 Å². The van der Waals surface area contributed by atoms with Crippen LogP contribution in [0.1, 0.15) is 22.3 Å². The smallest absolute Gasteiger partial charge is 0.327 e. The molecule has 0 aliphatic carbocycles. The minimum atomic E-state index is -1.17. The topological polar surface area (TPSA) is 76.1 Å². The van der Waals surface area contributed by atoms with Crippen molar-refractivity contribution in [2.24, 2.45) is 0 Å². The first-order valence-corrected chi connectivity index (χ1v) is 12.4. The molecular formula is C19H27NO5Si. The summed E-state index contributed by atoms with van der Waals surface area (Å²) in [4.78, 5) is 25.5. The van der Waals surface area contributed by atoms with Crippen molar-refractivity contribution in [3.05, 3.63) is 41.6 Å². The molecule has 0 aromatic heterocycles. The predicted molar refractivity (Wildman–Crippen MR) is 102 cm³/mol. The highest BCUT2D eigenvalue weighted by molar-refractivity contribution is 6.76. The Balaban J connectivity index is 2.08. The van der Waals surface area contributed by atoms with Crippen molar-refractivity contribution >= 4 is 20.0 Å². The molecule has 0 radical (unpaired) electrons. The number of amides is 1. The van der Waals surface area contributed by atoms with Crippen LogP contribution in [0.25, 0.3) is 0 Å². The van der Waals surface area contributed by atoms with E-state index in [1.54, 1.807) is 18.2 Å². The summed E-state index contributed by atoms with van der Waals surface area (Å²) in [6.45, 7) is 9.32. The Morgan fingerprint density at radius 2 is 2.04 bits per heavy atom. The normalized spacial score (nSPS) is 16.8. The van der Waals surface area contributed by atoms with Crippen molar-refractivity contribution in [1.82, 2.24) is 4.90 Å². The van der Waals surface area contributed by atoms with E-state index in [0.717, 1.165) is 11.6 Å². The number of nitrogens with zero attached hydrogens (tertiary/aromatic N) is 1. The molecule has 142 valence electrons. The van der Waals surface area contributed by atoms with Crippen molar-refractivity contribution < 1.29 is 24.2 Å². The summed E-state index contributed by atoms with van der Waals surface area (Å²) in [5.41, 5.74) is 1.11. The molecule has 26 heavy (non-hydrogen) atoms. The average Bonchev–Trinajstić information content (AvgIpc) is 3.03. The molecule has 2 rings (SSSR count). The molecule has 0 saturated carbocycles. The molecule has 0 spiro atoms. The molecule has 1 N–H and O–H groups in total. The third-order valence-corrected chi connectivity index (χ3v) is 5.93. The molecule has 6 nitrogen and oxygen atoms in total. The Morgan fingerprint density at radius 3 is 2.69 bits per heavy atom. The maximum atomic E-state index is 12.9. The van der Waals surface area contributed by atoms with Crippen molar-refractivity contribution in [3.8, 4) is 5.75 Å². The maximum Gasteiger partial charge on any atom is 0.327 e.